The number of nitrogens with one attached hydrogen (secondary N) is 2. The van der Waals surface area contributed by atoms with Crippen molar-refractivity contribution in [2.24, 2.45) is 0 Å². The van der Waals surface area contributed by atoms with Crippen LogP contribution in [0, 0.1) is 0 Å². The molecule has 0 fully saturated rings. The van der Waals surface area contributed by atoms with Gasteiger partial charge in [-0.1, -0.05) is 71.6 Å². The largest absolute Gasteiger partial charge is 0.363 e. The summed E-state index contributed by atoms with van der Waals surface area (Å²) in [5, 5.41) is 12.8. The molecule has 130 valence electrons. The molecular weight excluding hydrogens is 364 g/mol. The second-order valence-corrected chi connectivity index (χ2v) is 7.82. The maximum absolute atomic E-state index is 13.1. The van der Waals surface area contributed by atoms with Crippen molar-refractivity contribution in [2.45, 2.75) is 4.34 Å². The highest BCUT2D eigenvalue weighted by Gasteiger charge is 2.20. The van der Waals surface area contributed by atoms with Gasteiger partial charge < -0.3 is 10.3 Å². The maximum Gasteiger partial charge on any atom is 0.206 e. The SMILES string of the molecule is CNc1nnc(SCC(=O)c2c(-c3ccccc3)[nH]c3ccccc23)s1. The molecule has 26 heavy (non-hydrogen) atoms. The number of anilines is 1. The lowest BCUT2D eigenvalue weighted by atomic mass is 10.0. The Hall–Kier alpha value is -2.64. The van der Waals surface area contributed by atoms with Crippen molar-refractivity contribution < 1.29 is 4.79 Å². The molecule has 0 aliphatic heterocycles. The van der Waals surface area contributed by atoms with Crippen molar-refractivity contribution in [3.8, 4) is 11.3 Å². The number of ketones is 1. The summed E-state index contributed by atoms with van der Waals surface area (Å²) in [6.45, 7) is 0. The smallest absolute Gasteiger partial charge is 0.206 e. The van der Waals surface area contributed by atoms with Gasteiger partial charge >= 0.3 is 0 Å². The highest BCUT2D eigenvalue weighted by molar-refractivity contribution is 8.01. The van der Waals surface area contributed by atoms with Crippen molar-refractivity contribution >= 4 is 44.9 Å². The third kappa shape index (κ3) is 3.23. The van der Waals surface area contributed by atoms with Crippen molar-refractivity contribution in [2.75, 3.05) is 18.1 Å². The van der Waals surface area contributed by atoms with E-state index in [1.54, 1.807) is 7.05 Å². The minimum atomic E-state index is 0.0764. The van der Waals surface area contributed by atoms with Gasteiger partial charge in [-0.25, -0.2) is 0 Å². The number of hydrogen-bond acceptors (Lipinski definition) is 6. The average Bonchev–Trinajstić information content (AvgIpc) is 3.31. The Morgan fingerprint density at radius 1 is 1.12 bits per heavy atom. The van der Waals surface area contributed by atoms with Crippen LogP contribution in [0.15, 0.2) is 58.9 Å². The first kappa shape index (κ1) is 16.8. The number of hydrogen-bond donors (Lipinski definition) is 2. The number of H-pyrrole nitrogens is 1. The van der Waals surface area contributed by atoms with E-state index in [0.29, 0.717) is 5.75 Å². The van der Waals surface area contributed by atoms with Gasteiger partial charge in [-0.2, -0.15) is 0 Å². The predicted molar refractivity (Wildman–Crippen MR) is 108 cm³/mol. The summed E-state index contributed by atoms with van der Waals surface area (Å²) in [4.78, 5) is 16.5. The van der Waals surface area contributed by atoms with Gasteiger partial charge in [0.15, 0.2) is 10.1 Å². The minimum Gasteiger partial charge on any atom is -0.363 e. The first-order valence-corrected chi connectivity index (χ1v) is 9.90. The molecular formula is C19H16N4OS2. The molecule has 0 saturated carbocycles. The molecule has 0 spiro atoms. The minimum absolute atomic E-state index is 0.0764. The summed E-state index contributed by atoms with van der Waals surface area (Å²) >= 11 is 2.86. The Morgan fingerprint density at radius 2 is 1.88 bits per heavy atom. The fourth-order valence-corrected chi connectivity index (χ4v) is 4.40. The fraction of sp³-hybridized carbons (Fsp3) is 0.105. The summed E-state index contributed by atoms with van der Waals surface area (Å²) in [7, 11) is 1.80. The van der Waals surface area contributed by atoms with Crippen LogP contribution in [0.4, 0.5) is 5.13 Å². The molecule has 2 aromatic heterocycles. The summed E-state index contributed by atoms with van der Waals surface area (Å²) in [5.74, 6) is 0.396. The predicted octanol–water partition coefficient (Wildman–Crippen LogP) is 4.70. The molecule has 0 saturated heterocycles. The Kier molecular flexibility index (Phi) is 4.73. The number of aromatic nitrogens is 3. The van der Waals surface area contributed by atoms with E-state index in [1.165, 1.54) is 23.1 Å². The summed E-state index contributed by atoms with van der Waals surface area (Å²) in [6.07, 6.45) is 0. The van der Waals surface area contributed by atoms with Crippen LogP contribution in [0.3, 0.4) is 0 Å². The van der Waals surface area contributed by atoms with Crippen molar-refractivity contribution in [1.29, 1.82) is 0 Å². The summed E-state index contributed by atoms with van der Waals surface area (Å²) in [5.41, 5.74) is 3.57. The van der Waals surface area contributed by atoms with Crippen molar-refractivity contribution in [3.05, 3.63) is 60.2 Å². The Labute approximate surface area is 158 Å². The number of carbonyl (C=O) groups is 1. The van der Waals surface area contributed by atoms with Gasteiger partial charge in [0.1, 0.15) is 0 Å². The molecule has 0 aliphatic rings. The van der Waals surface area contributed by atoms with E-state index in [0.717, 1.165) is 37.2 Å². The molecule has 4 aromatic rings. The highest BCUT2D eigenvalue weighted by Crippen LogP contribution is 2.33. The van der Waals surface area contributed by atoms with Gasteiger partial charge in [0.2, 0.25) is 5.13 Å². The molecule has 5 nitrogen and oxygen atoms in total. The van der Waals surface area contributed by atoms with E-state index in [9.17, 15) is 4.79 Å². The van der Waals surface area contributed by atoms with Gasteiger partial charge in [0.05, 0.1) is 17.0 Å². The van der Waals surface area contributed by atoms with Gasteiger partial charge in [0, 0.05) is 18.0 Å². The lowest BCUT2D eigenvalue weighted by molar-refractivity contribution is 0.102. The van der Waals surface area contributed by atoms with E-state index in [1.807, 2.05) is 54.6 Å². The standard InChI is InChI=1S/C19H16N4OS2/c1-20-18-22-23-19(26-18)25-11-15(24)16-13-9-5-6-10-14(13)21-17(16)12-7-3-2-4-8-12/h2-10,21H,11H2,1H3,(H,20,22). The maximum atomic E-state index is 13.1. The van der Waals surface area contributed by atoms with Gasteiger partial charge in [0.25, 0.3) is 0 Å². The molecule has 7 heteroatoms. The van der Waals surface area contributed by atoms with Crippen LogP contribution in [0.2, 0.25) is 0 Å². The van der Waals surface area contributed by atoms with Crippen LogP contribution in [-0.4, -0.2) is 33.8 Å². The first-order chi connectivity index (χ1) is 12.8. The normalized spacial score (nSPS) is 11.0. The van der Waals surface area contributed by atoms with Crippen LogP contribution in [0.25, 0.3) is 22.2 Å². The number of carbonyl (C=O) groups excluding carboxylic acids is 1. The summed E-state index contributed by atoms with van der Waals surface area (Å²) < 4.78 is 0.781. The van der Waals surface area contributed by atoms with Crippen LogP contribution in [-0.2, 0) is 0 Å². The van der Waals surface area contributed by atoms with Crippen molar-refractivity contribution in [1.82, 2.24) is 15.2 Å². The molecule has 0 aliphatic carbocycles. The molecule has 2 aromatic carbocycles. The highest BCUT2D eigenvalue weighted by atomic mass is 32.2. The van der Waals surface area contributed by atoms with E-state index in [4.69, 9.17) is 0 Å². The third-order valence-electron chi connectivity index (χ3n) is 3.99. The lowest BCUT2D eigenvalue weighted by Crippen LogP contribution is -2.03. The van der Waals surface area contributed by atoms with Crippen LogP contribution < -0.4 is 5.32 Å². The topological polar surface area (TPSA) is 70.7 Å². The number of fused-ring (bicyclic) bond motifs is 1. The molecule has 0 radical (unpaired) electrons. The van der Waals surface area contributed by atoms with Crippen LogP contribution >= 0.6 is 23.1 Å². The zero-order chi connectivity index (χ0) is 17.9. The van der Waals surface area contributed by atoms with Gasteiger partial charge in [-0.15, -0.1) is 10.2 Å². The fourth-order valence-electron chi connectivity index (χ4n) is 2.82. The van der Waals surface area contributed by atoms with Crippen LogP contribution in [0.5, 0.6) is 0 Å². The zero-order valence-corrected chi connectivity index (χ0v) is 15.7. The van der Waals surface area contributed by atoms with Gasteiger partial charge in [-0.05, 0) is 11.6 Å². The Balaban J connectivity index is 1.68. The molecule has 0 amide bonds. The monoisotopic (exact) mass is 380 g/mol. The number of Topliss-reactive ketones (excluding diaryl/α,β-unsaturated/α-hetero) is 1. The number of aromatic amines is 1. The summed E-state index contributed by atoms with van der Waals surface area (Å²) in [6, 6.07) is 17.9. The van der Waals surface area contributed by atoms with E-state index >= 15 is 0 Å². The van der Waals surface area contributed by atoms with E-state index in [2.05, 4.69) is 20.5 Å². The number of thioether (sulfide) groups is 1. The quantitative estimate of drug-likeness (QED) is 0.375. The van der Waals surface area contributed by atoms with E-state index < -0.39 is 0 Å². The molecule has 0 atom stereocenters. The number of benzene rings is 2. The van der Waals surface area contributed by atoms with E-state index in [-0.39, 0.29) is 5.78 Å². The second kappa shape index (κ2) is 7.31. The third-order valence-corrected chi connectivity index (χ3v) is 6.07. The molecule has 2 N–H and O–H groups in total. The number of para-hydroxylation sites is 1. The van der Waals surface area contributed by atoms with Crippen LogP contribution in [0.1, 0.15) is 10.4 Å². The average molecular weight is 380 g/mol. The van der Waals surface area contributed by atoms with Gasteiger partial charge in [-0.3, -0.25) is 4.79 Å². The molecule has 2 heterocycles. The molecule has 0 unspecified atom stereocenters. The van der Waals surface area contributed by atoms with Crippen molar-refractivity contribution in [3.63, 3.8) is 0 Å². The Morgan fingerprint density at radius 3 is 2.65 bits per heavy atom. The first-order valence-electron chi connectivity index (χ1n) is 8.09. The molecule has 0 bridgehead atoms. The number of nitrogens with zero attached hydrogens (tertiary/aromatic N) is 2. The zero-order valence-electron chi connectivity index (χ0n) is 14.0. The molecule has 4 rings (SSSR count). The lowest BCUT2D eigenvalue weighted by Gasteiger charge is -2.04. The number of rotatable bonds is 6. The second-order valence-electron chi connectivity index (χ2n) is 5.62. The Bertz CT molecular complexity index is 1060.